The number of carbonyl (C=O) groups is 2. The number of aromatic nitrogens is 2. The second-order valence-electron chi connectivity index (χ2n) is 4.67. The zero-order chi connectivity index (χ0) is 15.5. The molecule has 0 bridgehead atoms. The second kappa shape index (κ2) is 5.73. The summed E-state index contributed by atoms with van der Waals surface area (Å²) in [4.78, 5) is 23.6. The van der Waals surface area contributed by atoms with Gasteiger partial charge in [0.05, 0.1) is 11.3 Å². The Labute approximate surface area is 125 Å². The van der Waals surface area contributed by atoms with Crippen LogP contribution in [0.5, 0.6) is 0 Å². The van der Waals surface area contributed by atoms with Crippen LogP contribution in [0.4, 0.5) is 4.39 Å². The SMILES string of the molecule is O=Cc1cn(-c2ccc(F)cc2)nc1C(=O)c1ccccc1. The van der Waals surface area contributed by atoms with E-state index in [4.69, 9.17) is 0 Å². The molecule has 0 aliphatic carbocycles. The lowest BCUT2D eigenvalue weighted by atomic mass is 10.1. The van der Waals surface area contributed by atoms with Crippen LogP contribution < -0.4 is 0 Å². The lowest BCUT2D eigenvalue weighted by molar-refractivity contribution is 0.102. The number of benzene rings is 2. The molecule has 22 heavy (non-hydrogen) atoms. The average molecular weight is 294 g/mol. The van der Waals surface area contributed by atoms with Gasteiger partial charge in [-0.3, -0.25) is 9.59 Å². The van der Waals surface area contributed by atoms with Crippen molar-refractivity contribution in [1.82, 2.24) is 9.78 Å². The van der Waals surface area contributed by atoms with Gasteiger partial charge in [-0.15, -0.1) is 0 Å². The summed E-state index contributed by atoms with van der Waals surface area (Å²) in [6.45, 7) is 0. The summed E-state index contributed by atoms with van der Waals surface area (Å²) in [6.07, 6.45) is 2.04. The first-order chi connectivity index (χ1) is 10.7. The maximum Gasteiger partial charge on any atom is 0.213 e. The van der Waals surface area contributed by atoms with E-state index in [1.165, 1.54) is 35.1 Å². The van der Waals surface area contributed by atoms with E-state index in [1.54, 1.807) is 30.3 Å². The first kappa shape index (κ1) is 13.9. The molecule has 0 fully saturated rings. The van der Waals surface area contributed by atoms with Gasteiger partial charge in [-0.2, -0.15) is 5.10 Å². The Morgan fingerprint density at radius 1 is 1.05 bits per heavy atom. The Morgan fingerprint density at radius 3 is 2.36 bits per heavy atom. The molecule has 0 atom stereocenters. The van der Waals surface area contributed by atoms with Crippen LogP contribution in [-0.2, 0) is 0 Å². The highest BCUT2D eigenvalue weighted by Crippen LogP contribution is 2.15. The number of ketones is 1. The van der Waals surface area contributed by atoms with Crippen LogP contribution in [0.25, 0.3) is 5.69 Å². The number of hydrogen-bond donors (Lipinski definition) is 0. The van der Waals surface area contributed by atoms with Gasteiger partial charge in [0.1, 0.15) is 11.5 Å². The highest BCUT2D eigenvalue weighted by atomic mass is 19.1. The number of nitrogens with zero attached hydrogens (tertiary/aromatic N) is 2. The van der Waals surface area contributed by atoms with Crippen LogP contribution in [0, 0.1) is 5.82 Å². The smallest absolute Gasteiger partial charge is 0.213 e. The zero-order valence-electron chi connectivity index (χ0n) is 11.4. The van der Waals surface area contributed by atoms with E-state index in [1.807, 2.05) is 0 Å². The summed E-state index contributed by atoms with van der Waals surface area (Å²) in [5.41, 5.74) is 1.29. The van der Waals surface area contributed by atoms with Gasteiger partial charge in [-0.05, 0) is 24.3 Å². The molecule has 0 aliphatic heterocycles. The monoisotopic (exact) mass is 294 g/mol. The minimum atomic E-state index is -0.368. The van der Waals surface area contributed by atoms with Gasteiger partial charge in [-0.25, -0.2) is 9.07 Å². The lowest BCUT2D eigenvalue weighted by Gasteiger charge is -2.00. The lowest BCUT2D eigenvalue weighted by Crippen LogP contribution is -2.05. The molecule has 1 heterocycles. The molecular weight excluding hydrogens is 283 g/mol. The van der Waals surface area contributed by atoms with Gasteiger partial charge in [-0.1, -0.05) is 30.3 Å². The van der Waals surface area contributed by atoms with Gasteiger partial charge in [0.2, 0.25) is 5.78 Å². The van der Waals surface area contributed by atoms with E-state index >= 15 is 0 Å². The number of halogens is 1. The Kier molecular flexibility index (Phi) is 3.62. The maximum absolute atomic E-state index is 13.0. The summed E-state index contributed by atoms with van der Waals surface area (Å²) >= 11 is 0. The maximum atomic E-state index is 13.0. The summed E-state index contributed by atoms with van der Waals surface area (Å²) in [6, 6.07) is 14.2. The topological polar surface area (TPSA) is 52.0 Å². The minimum absolute atomic E-state index is 0.0746. The van der Waals surface area contributed by atoms with E-state index in [2.05, 4.69) is 5.10 Å². The molecule has 108 valence electrons. The van der Waals surface area contributed by atoms with Gasteiger partial charge < -0.3 is 0 Å². The summed E-state index contributed by atoms with van der Waals surface area (Å²) in [7, 11) is 0. The van der Waals surface area contributed by atoms with E-state index in [0.29, 0.717) is 17.5 Å². The van der Waals surface area contributed by atoms with E-state index < -0.39 is 0 Å². The molecule has 0 aliphatic rings. The minimum Gasteiger partial charge on any atom is -0.298 e. The Balaban J connectivity index is 2.04. The van der Waals surface area contributed by atoms with Gasteiger partial charge in [0.25, 0.3) is 0 Å². The fourth-order valence-electron chi connectivity index (χ4n) is 2.10. The number of rotatable bonds is 4. The molecule has 0 N–H and O–H groups in total. The molecule has 1 aromatic heterocycles. The van der Waals surface area contributed by atoms with Crippen molar-refractivity contribution in [3.63, 3.8) is 0 Å². The largest absolute Gasteiger partial charge is 0.298 e. The molecule has 2 aromatic carbocycles. The third kappa shape index (κ3) is 2.56. The number of hydrogen-bond acceptors (Lipinski definition) is 3. The quantitative estimate of drug-likeness (QED) is 0.549. The Morgan fingerprint density at radius 2 is 1.73 bits per heavy atom. The highest BCUT2D eigenvalue weighted by molar-refractivity contribution is 6.11. The highest BCUT2D eigenvalue weighted by Gasteiger charge is 2.18. The Hall–Kier alpha value is -3.08. The molecule has 5 heteroatoms. The molecule has 3 rings (SSSR count). The second-order valence-corrected chi connectivity index (χ2v) is 4.67. The molecule has 0 saturated heterocycles. The summed E-state index contributed by atoms with van der Waals surface area (Å²) in [5.74, 6) is -0.698. The normalized spacial score (nSPS) is 10.4. The molecule has 3 aromatic rings. The fourth-order valence-corrected chi connectivity index (χ4v) is 2.10. The predicted octanol–water partition coefficient (Wildman–Crippen LogP) is 3.05. The van der Waals surface area contributed by atoms with Crippen molar-refractivity contribution < 1.29 is 14.0 Å². The molecule has 0 unspecified atom stereocenters. The average Bonchev–Trinajstić information content (AvgIpc) is 3.00. The van der Waals surface area contributed by atoms with Crippen molar-refractivity contribution in [2.75, 3.05) is 0 Å². The molecule has 0 saturated carbocycles. The van der Waals surface area contributed by atoms with E-state index in [-0.39, 0.29) is 22.9 Å². The van der Waals surface area contributed by atoms with Crippen LogP contribution in [0.15, 0.2) is 60.8 Å². The third-order valence-electron chi connectivity index (χ3n) is 3.21. The fraction of sp³-hybridized carbons (Fsp3) is 0. The third-order valence-corrected chi connectivity index (χ3v) is 3.21. The van der Waals surface area contributed by atoms with Crippen molar-refractivity contribution in [3.05, 3.63) is 83.4 Å². The zero-order valence-corrected chi connectivity index (χ0v) is 11.4. The van der Waals surface area contributed by atoms with Crippen LogP contribution in [0.2, 0.25) is 0 Å². The molecule has 0 radical (unpaired) electrons. The number of carbonyl (C=O) groups excluding carboxylic acids is 2. The van der Waals surface area contributed by atoms with Gasteiger partial charge in [0, 0.05) is 11.8 Å². The van der Waals surface area contributed by atoms with Crippen molar-refractivity contribution in [1.29, 1.82) is 0 Å². The van der Waals surface area contributed by atoms with Crippen LogP contribution in [0.3, 0.4) is 0 Å². The van der Waals surface area contributed by atoms with Crippen LogP contribution in [0.1, 0.15) is 26.4 Å². The number of aldehydes is 1. The van der Waals surface area contributed by atoms with Crippen LogP contribution >= 0.6 is 0 Å². The van der Waals surface area contributed by atoms with E-state index in [0.717, 1.165) is 0 Å². The van der Waals surface area contributed by atoms with Crippen LogP contribution in [-0.4, -0.2) is 21.8 Å². The molecule has 0 spiro atoms. The predicted molar refractivity (Wildman–Crippen MR) is 78.8 cm³/mol. The standard InChI is InChI=1S/C17H11FN2O2/c18-14-6-8-15(9-7-14)20-10-13(11-21)16(19-20)17(22)12-4-2-1-3-5-12/h1-11H. The van der Waals surface area contributed by atoms with Gasteiger partial charge >= 0.3 is 0 Å². The van der Waals surface area contributed by atoms with Gasteiger partial charge in [0.15, 0.2) is 6.29 Å². The first-order valence-electron chi connectivity index (χ1n) is 6.59. The molecule has 0 amide bonds. The molecule has 4 nitrogen and oxygen atoms in total. The molecular formula is C17H11FN2O2. The Bertz CT molecular complexity index is 824. The van der Waals surface area contributed by atoms with Crippen molar-refractivity contribution >= 4 is 12.1 Å². The summed E-state index contributed by atoms with van der Waals surface area (Å²) in [5, 5.41) is 4.17. The van der Waals surface area contributed by atoms with Crippen molar-refractivity contribution in [2.45, 2.75) is 0 Å². The first-order valence-corrected chi connectivity index (χ1v) is 6.59. The summed E-state index contributed by atoms with van der Waals surface area (Å²) < 4.78 is 14.4. The van der Waals surface area contributed by atoms with Crippen molar-refractivity contribution in [3.8, 4) is 5.69 Å². The van der Waals surface area contributed by atoms with Crippen molar-refractivity contribution in [2.24, 2.45) is 0 Å². The van der Waals surface area contributed by atoms with E-state index in [9.17, 15) is 14.0 Å².